The predicted molar refractivity (Wildman–Crippen MR) is 126 cm³/mol. The number of hydrogen-bond acceptors (Lipinski definition) is 9. The standard InChI is InChI=1S/C24H29N7O2/c1-16-13-31(9-8-30(16)14-22-27-7-10-32-22)21-12-20(28-15-29-21)23(26)18-11-17(3-4-19(18)25)33-24(2)5-6-24/h3-4,7,10-12,15-16,26H,5-6,8-9,13-14,25H2,1-2H3. The minimum atomic E-state index is -0.0937. The topological polar surface area (TPSA) is 117 Å². The maximum absolute atomic E-state index is 8.78. The molecule has 9 heteroatoms. The molecule has 3 N–H and O–H groups in total. The number of oxazole rings is 1. The average molecular weight is 448 g/mol. The van der Waals surface area contributed by atoms with Crippen LogP contribution in [0.2, 0.25) is 0 Å². The molecule has 5 rings (SSSR count). The van der Waals surface area contributed by atoms with Crippen LogP contribution < -0.4 is 15.4 Å². The summed E-state index contributed by atoms with van der Waals surface area (Å²) in [5.41, 5.74) is 8.06. The Kier molecular flexibility index (Phi) is 5.49. The van der Waals surface area contributed by atoms with E-state index in [4.69, 9.17) is 20.3 Å². The Bertz CT molecular complexity index is 1140. The van der Waals surface area contributed by atoms with Crippen LogP contribution in [0, 0.1) is 5.41 Å². The maximum Gasteiger partial charge on any atom is 0.208 e. The largest absolute Gasteiger partial charge is 0.488 e. The van der Waals surface area contributed by atoms with Crippen LogP contribution >= 0.6 is 0 Å². The molecular weight excluding hydrogens is 418 g/mol. The van der Waals surface area contributed by atoms with Gasteiger partial charge in [-0.25, -0.2) is 15.0 Å². The first-order valence-electron chi connectivity index (χ1n) is 11.3. The molecule has 9 nitrogen and oxygen atoms in total. The Labute approximate surface area is 193 Å². The number of benzene rings is 1. The van der Waals surface area contributed by atoms with Crippen molar-refractivity contribution in [2.45, 2.75) is 44.9 Å². The number of aromatic nitrogens is 3. The van der Waals surface area contributed by atoms with Gasteiger partial charge in [-0.15, -0.1) is 0 Å². The van der Waals surface area contributed by atoms with E-state index in [2.05, 4.69) is 38.6 Å². The number of anilines is 2. The molecule has 33 heavy (non-hydrogen) atoms. The van der Waals surface area contributed by atoms with Crippen molar-refractivity contribution in [1.82, 2.24) is 19.9 Å². The Balaban J connectivity index is 1.30. The van der Waals surface area contributed by atoms with Crippen LogP contribution in [0.25, 0.3) is 0 Å². The van der Waals surface area contributed by atoms with Crippen LogP contribution in [0.4, 0.5) is 11.5 Å². The predicted octanol–water partition coefficient (Wildman–Crippen LogP) is 3.10. The smallest absolute Gasteiger partial charge is 0.208 e. The lowest BCUT2D eigenvalue weighted by molar-refractivity contribution is 0.164. The zero-order valence-electron chi connectivity index (χ0n) is 19.0. The van der Waals surface area contributed by atoms with Crippen molar-refractivity contribution in [1.29, 1.82) is 5.41 Å². The lowest BCUT2D eigenvalue weighted by Crippen LogP contribution is -2.51. The van der Waals surface area contributed by atoms with Crippen molar-refractivity contribution in [3.63, 3.8) is 0 Å². The summed E-state index contributed by atoms with van der Waals surface area (Å²) in [6.45, 7) is 7.47. The molecule has 1 saturated heterocycles. The van der Waals surface area contributed by atoms with Gasteiger partial charge in [-0.3, -0.25) is 10.3 Å². The fourth-order valence-corrected chi connectivity index (χ4v) is 4.12. The number of piperazine rings is 1. The second-order valence-electron chi connectivity index (χ2n) is 9.13. The van der Waals surface area contributed by atoms with E-state index in [1.165, 1.54) is 6.33 Å². The van der Waals surface area contributed by atoms with E-state index in [1.54, 1.807) is 18.5 Å². The van der Waals surface area contributed by atoms with Gasteiger partial charge in [0.1, 0.15) is 29.8 Å². The Morgan fingerprint density at radius 2 is 2.09 bits per heavy atom. The van der Waals surface area contributed by atoms with E-state index in [0.29, 0.717) is 29.5 Å². The fraction of sp³-hybridized carbons (Fsp3) is 0.417. The summed E-state index contributed by atoms with van der Waals surface area (Å²) in [4.78, 5) is 17.7. The van der Waals surface area contributed by atoms with Crippen LogP contribution in [0.3, 0.4) is 0 Å². The summed E-state index contributed by atoms with van der Waals surface area (Å²) < 4.78 is 11.5. The maximum atomic E-state index is 8.78. The molecule has 0 bridgehead atoms. The first kappa shape index (κ1) is 21.4. The number of nitrogens with zero attached hydrogens (tertiary/aromatic N) is 5. The highest BCUT2D eigenvalue weighted by Gasteiger charge is 2.40. The molecular formula is C24H29N7O2. The molecule has 1 aliphatic carbocycles. The summed E-state index contributed by atoms with van der Waals surface area (Å²) in [6, 6.07) is 7.67. The normalized spacial score (nSPS) is 19.9. The Hall–Kier alpha value is -3.46. The van der Waals surface area contributed by atoms with Gasteiger partial charge in [0.05, 0.1) is 24.1 Å². The molecule has 2 aromatic heterocycles. The van der Waals surface area contributed by atoms with Crippen LogP contribution in [0.1, 0.15) is 43.8 Å². The molecule has 172 valence electrons. The molecule has 1 aromatic carbocycles. The third kappa shape index (κ3) is 4.68. The van der Waals surface area contributed by atoms with Gasteiger partial charge in [0.15, 0.2) is 0 Å². The molecule has 0 amide bonds. The minimum Gasteiger partial charge on any atom is -0.488 e. The third-order valence-electron chi connectivity index (χ3n) is 6.43. The third-order valence-corrected chi connectivity index (χ3v) is 6.43. The lowest BCUT2D eigenvalue weighted by atomic mass is 10.0. The second-order valence-corrected chi connectivity index (χ2v) is 9.13. The summed E-state index contributed by atoms with van der Waals surface area (Å²) in [7, 11) is 0. The van der Waals surface area contributed by atoms with E-state index in [1.807, 2.05) is 18.2 Å². The fourth-order valence-electron chi connectivity index (χ4n) is 4.12. The average Bonchev–Trinajstić information content (AvgIpc) is 3.31. The summed E-state index contributed by atoms with van der Waals surface area (Å²) in [5, 5.41) is 8.78. The lowest BCUT2D eigenvalue weighted by Gasteiger charge is -2.39. The number of hydrogen-bond donors (Lipinski definition) is 2. The van der Waals surface area contributed by atoms with Crippen molar-refractivity contribution in [3.8, 4) is 5.75 Å². The molecule has 1 aliphatic heterocycles. The van der Waals surface area contributed by atoms with Crippen molar-refractivity contribution in [2.75, 3.05) is 30.3 Å². The molecule has 0 radical (unpaired) electrons. The summed E-state index contributed by atoms with van der Waals surface area (Å²) in [5.74, 6) is 2.27. The van der Waals surface area contributed by atoms with Gasteiger partial charge in [-0.1, -0.05) is 0 Å². The molecule has 1 saturated carbocycles. The van der Waals surface area contributed by atoms with E-state index in [-0.39, 0.29) is 11.3 Å². The first-order valence-corrected chi connectivity index (χ1v) is 11.3. The summed E-state index contributed by atoms with van der Waals surface area (Å²) >= 11 is 0. The van der Waals surface area contributed by atoms with Gasteiger partial charge in [0.25, 0.3) is 0 Å². The molecule has 2 fully saturated rings. The van der Waals surface area contributed by atoms with E-state index in [9.17, 15) is 0 Å². The minimum absolute atomic E-state index is 0.0937. The zero-order chi connectivity index (χ0) is 23.0. The molecule has 2 aliphatic rings. The van der Waals surface area contributed by atoms with E-state index in [0.717, 1.165) is 49.9 Å². The van der Waals surface area contributed by atoms with Crippen LogP contribution in [0.5, 0.6) is 5.75 Å². The van der Waals surface area contributed by atoms with E-state index < -0.39 is 0 Å². The number of ether oxygens (including phenoxy) is 1. The van der Waals surface area contributed by atoms with Gasteiger partial charge in [-0.05, 0) is 44.9 Å². The highest BCUT2D eigenvalue weighted by Crippen LogP contribution is 2.40. The zero-order valence-corrected chi connectivity index (χ0v) is 19.0. The molecule has 1 atom stereocenters. The number of nitrogen functional groups attached to an aromatic ring is 1. The Morgan fingerprint density at radius 1 is 1.24 bits per heavy atom. The first-order chi connectivity index (χ1) is 15.9. The number of nitrogens with one attached hydrogen (secondary N) is 1. The van der Waals surface area contributed by atoms with Gasteiger partial charge < -0.3 is 19.8 Å². The van der Waals surface area contributed by atoms with Crippen molar-refractivity contribution in [3.05, 3.63) is 60.2 Å². The number of rotatable bonds is 7. The highest BCUT2D eigenvalue weighted by atomic mass is 16.5. The summed E-state index contributed by atoms with van der Waals surface area (Å²) in [6.07, 6.45) is 6.89. The monoisotopic (exact) mass is 447 g/mol. The highest BCUT2D eigenvalue weighted by molar-refractivity contribution is 6.13. The molecule has 1 unspecified atom stereocenters. The van der Waals surface area contributed by atoms with Gasteiger partial charge in [-0.2, -0.15) is 0 Å². The van der Waals surface area contributed by atoms with Crippen molar-refractivity contribution >= 4 is 17.2 Å². The Morgan fingerprint density at radius 3 is 2.82 bits per heavy atom. The van der Waals surface area contributed by atoms with Crippen molar-refractivity contribution < 1.29 is 9.15 Å². The van der Waals surface area contributed by atoms with Crippen molar-refractivity contribution in [2.24, 2.45) is 0 Å². The van der Waals surface area contributed by atoms with Gasteiger partial charge in [0, 0.05) is 43.0 Å². The molecule has 0 spiro atoms. The van der Waals surface area contributed by atoms with Crippen LogP contribution in [-0.2, 0) is 6.54 Å². The SMILES string of the molecule is CC1CN(c2cc(C(=N)c3cc(OC4(C)CC4)ccc3N)ncn2)CCN1Cc1ncco1. The number of nitrogens with two attached hydrogens (primary N) is 1. The quantitative estimate of drug-likeness (QED) is 0.419. The molecule has 3 aromatic rings. The van der Waals surface area contributed by atoms with Gasteiger partial charge in [0.2, 0.25) is 5.89 Å². The van der Waals surface area contributed by atoms with Crippen LogP contribution in [-0.4, -0.2) is 56.8 Å². The second kappa shape index (κ2) is 8.47. The molecule has 3 heterocycles. The van der Waals surface area contributed by atoms with Gasteiger partial charge >= 0.3 is 0 Å². The van der Waals surface area contributed by atoms with E-state index >= 15 is 0 Å². The van der Waals surface area contributed by atoms with Crippen LogP contribution in [0.15, 0.2) is 47.5 Å².